The molecule has 0 unspecified atom stereocenters. The third kappa shape index (κ3) is 9.44. The van der Waals surface area contributed by atoms with Crippen LogP contribution >= 0.6 is 0 Å². The summed E-state index contributed by atoms with van der Waals surface area (Å²) in [4.78, 5) is 10.2. The topological polar surface area (TPSA) is 17.1 Å². The SMILES string of the molecule is CC(=O)C=C(C)C.[Pt]. The minimum absolute atomic E-state index is 0. The monoisotopic (exact) mass is 293 g/mol. The van der Waals surface area contributed by atoms with Gasteiger partial charge in [-0.25, -0.2) is 0 Å². The summed E-state index contributed by atoms with van der Waals surface area (Å²) in [5.41, 5.74) is 1.06. The number of hydrogen-bond donors (Lipinski definition) is 0. The first-order valence-corrected chi connectivity index (χ1v) is 2.28. The van der Waals surface area contributed by atoms with E-state index in [0.29, 0.717) is 0 Å². The molecule has 0 spiro atoms. The van der Waals surface area contributed by atoms with Gasteiger partial charge in [0.15, 0.2) is 5.78 Å². The molecule has 0 aliphatic heterocycles. The second-order valence-electron chi connectivity index (χ2n) is 1.83. The second kappa shape index (κ2) is 5.24. The van der Waals surface area contributed by atoms with Crippen molar-refractivity contribution in [3.8, 4) is 0 Å². The summed E-state index contributed by atoms with van der Waals surface area (Å²) in [6, 6.07) is 0. The summed E-state index contributed by atoms with van der Waals surface area (Å²) in [7, 11) is 0. The molecule has 0 N–H and O–H groups in total. The van der Waals surface area contributed by atoms with E-state index in [1.54, 1.807) is 13.0 Å². The van der Waals surface area contributed by atoms with Gasteiger partial charge < -0.3 is 0 Å². The van der Waals surface area contributed by atoms with Gasteiger partial charge in [-0.1, -0.05) is 5.57 Å². The molecule has 0 saturated heterocycles. The van der Waals surface area contributed by atoms with E-state index in [2.05, 4.69) is 0 Å². The number of hydrogen-bond acceptors (Lipinski definition) is 1. The molecule has 8 heavy (non-hydrogen) atoms. The van der Waals surface area contributed by atoms with Crippen LogP contribution in [0.1, 0.15) is 20.8 Å². The van der Waals surface area contributed by atoms with Crippen LogP contribution in [0.15, 0.2) is 11.6 Å². The Morgan fingerprint density at radius 2 is 1.62 bits per heavy atom. The van der Waals surface area contributed by atoms with Gasteiger partial charge in [0, 0.05) is 21.1 Å². The third-order valence-corrected chi connectivity index (χ3v) is 0.492. The van der Waals surface area contributed by atoms with E-state index in [1.807, 2.05) is 13.8 Å². The van der Waals surface area contributed by atoms with Gasteiger partial charge in [0.1, 0.15) is 0 Å². The molecule has 0 bridgehead atoms. The molecular weight excluding hydrogens is 283 g/mol. The molecule has 0 aliphatic rings. The van der Waals surface area contributed by atoms with Crippen molar-refractivity contribution in [2.24, 2.45) is 0 Å². The maximum atomic E-state index is 10.2. The van der Waals surface area contributed by atoms with Gasteiger partial charge in [0.2, 0.25) is 0 Å². The molecule has 0 fully saturated rings. The van der Waals surface area contributed by atoms with Gasteiger partial charge in [0.05, 0.1) is 0 Å². The molecule has 2 heteroatoms. The normalized spacial score (nSPS) is 6.88. The number of carbonyl (C=O) groups is 1. The molecule has 0 aromatic carbocycles. The van der Waals surface area contributed by atoms with E-state index in [1.165, 1.54) is 0 Å². The zero-order valence-electron chi connectivity index (χ0n) is 5.30. The van der Waals surface area contributed by atoms with E-state index in [-0.39, 0.29) is 26.8 Å². The Balaban J connectivity index is 0. The maximum absolute atomic E-state index is 10.2. The molecule has 0 rings (SSSR count). The first kappa shape index (κ1) is 11.0. The van der Waals surface area contributed by atoms with Crippen LogP contribution < -0.4 is 0 Å². The fourth-order valence-electron chi connectivity index (χ4n) is 0.407. The summed E-state index contributed by atoms with van der Waals surface area (Å²) < 4.78 is 0. The molecule has 0 aliphatic carbocycles. The van der Waals surface area contributed by atoms with Crippen LogP contribution in [0.5, 0.6) is 0 Å². The summed E-state index contributed by atoms with van der Waals surface area (Å²) in [5.74, 6) is 0.125. The Kier molecular flexibility index (Phi) is 7.19. The Hall–Kier alpha value is 0.0983. The van der Waals surface area contributed by atoms with Crippen LogP contribution in [-0.2, 0) is 25.9 Å². The van der Waals surface area contributed by atoms with Crippen molar-refractivity contribution in [1.29, 1.82) is 0 Å². The molecule has 1 nitrogen and oxygen atoms in total. The van der Waals surface area contributed by atoms with E-state index >= 15 is 0 Å². The molecule has 0 radical (unpaired) electrons. The molecule has 0 aromatic heterocycles. The van der Waals surface area contributed by atoms with E-state index in [9.17, 15) is 4.79 Å². The Labute approximate surface area is 64.4 Å². The summed E-state index contributed by atoms with van der Waals surface area (Å²) in [5, 5.41) is 0. The van der Waals surface area contributed by atoms with Crippen molar-refractivity contribution in [3.05, 3.63) is 11.6 Å². The first-order chi connectivity index (χ1) is 3.13. The van der Waals surface area contributed by atoms with Crippen LogP contribution in [0.3, 0.4) is 0 Å². The Bertz CT molecular complexity index is 101. The summed E-state index contributed by atoms with van der Waals surface area (Å²) in [6.45, 7) is 5.36. The van der Waals surface area contributed by atoms with Gasteiger partial charge in [0.25, 0.3) is 0 Å². The third-order valence-electron chi connectivity index (χ3n) is 0.492. The van der Waals surface area contributed by atoms with Gasteiger partial charge in [-0.15, -0.1) is 0 Å². The molecule has 0 heterocycles. The van der Waals surface area contributed by atoms with Gasteiger partial charge in [-0.3, -0.25) is 4.79 Å². The van der Waals surface area contributed by atoms with Crippen LogP contribution in [0.25, 0.3) is 0 Å². The van der Waals surface area contributed by atoms with Crippen molar-refractivity contribution in [1.82, 2.24) is 0 Å². The largest absolute Gasteiger partial charge is 0.295 e. The maximum Gasteiger partial charge on any atom is 0.152 e. The van der Waals surface area contributed by atoms with Crippen LogP contribution in [-0.4, -0.2) is 5.78 Å². The zero-order chi connectivity index (χ0) is 5.86. The molecular formula is C6H10OPt. The smallest absolute Gasteiger partial charge is 0.152 e. The zero-order valence-corrected chi connectivity index (χ0v) is 7.57. The van der Waals surface area contributed by atoms with Gasteiger partial charge in [-0.05, 0) is 26.8 Å². The van der Waals surface area contributed by atoms with Crippen molar-refractivity contribution in [3.63, 3.8) is 0 Å². The van der Waals surface area contributed by atoms with Gasteiger partial charge >= 0.3 is 0 Å². The van der Waals surface area contributed by atoms with E-state index in [4.69, 9.17) is 0 Å². The number of ketones is 1. The Morgan fingerprint density at radius 1 is 1.25 bits per heavy atom. The second-order valence-corrected chi connectivity index (χ2v) is 1.83. The number of allylic oxidation sites excluding steroid dienone is 2. The van der Waals surface area contributed by atoms with Crippen molar-refractivity contribution in [2.45, 2.75) is 20.8 Å². The fourth-order valence-corrected chi connectivity index (χ4v) is 0.407. The van der Waals surface area contributed by atoms with Crippen LogP contribution in [0.2, 0.25) is 0 Å². The average molecular weight is 293 g/mol. The molecule has 0 saturated carbocycles. The summed E-state index contributed by atoms with van der Waals surface area (Å²) in [6.07, 6.45) is 1.61. The minimum Gasteiger partial charge on any atom is -0.295 e. The standard InChI is InChI=1S/C6H10O.Pt/c1-5(2)4-6(3)7;/h4H,1-3H3;. The van der Waals surface area contributed by atoms with Crippen molar-refractivity contribution < 1.29 is 25.9 Å². The van der Waals surface area contributed by atoms with Crippen LogP contribution in [0.4, 0.5) is 0 Å². The van der Waals surface area contributed by atoms with Gasteiger partial charge in [-0.2, -0.15) is 0 Å². The first-order valence-electron chi connectivity index (χ1n) is 2.28. The average Bonchev–Trinajstić information content (AvgIpc) is 1.27. The predicted molar refractivity (Wildman–Crippen MR) is 30.1 cm³/mol. The van der Waals surface area contributed by atoms with Crippen LogP contribution in [0, 0.1) is 0 Å². The molecule has 0 atom stereocenters. The fraction of sp³-hybridized carbons (Fsp3) is 0.500. The summed E-state index contributed by atoms with van der Waals surface area (Å²) >= 11 is 0. The quantitative estimate of drug-likeness (QED) is 0.670. The van der Waals surface area contributed by atoms with E-state index < -0.39 is 0 Å². The molecule has 50 valence electrons. The molecule has 0 aromatic rings. The molecule has 0 amide bonds. The number of rotatable bonds is 1. The number of carbonyl (C=O) groups excluding carboxylic acids is 1. The Morgan fingerprint density at radius 3 is 1.62 bits per heavy atom. The van der Waals surface area contributed by atoms with Crippen molar-refractivity contribution in [2.75, 3.05) is 0 Å². The van der Waals surface area contributed by atoms with Crippen molar-refractivity contribution >= 4 is 5.78 Å². The minimum atomic E-state index is 0. The van der Waals surface area contributed by atoms with E-state index in [0.717, 1.165) is 5.57 Å². The predicted octanol–water partition coefficient (Wildman–Crippen LogP) is 1.54.